The largest absolute Gasteiger partial charge is 0.287 e. The van der Waals surface area contributed by atoms with Crippen LogP contribution in [0.1, 0.15) is 26.2 Å². The highest BCUT2D eigenvalue weighted by molar-refractivity contribution is 7.88. The molecule has 3 nitrogen and oxygen atoms in total. The Morgan fingerprint density at radius 3 is 1.92 bits per heavy atom. The van der Waals surface area contributed by atoms with Gasteiger partial charge in [-0.2, -0.15) is 8.42 Å². The third-order valence-electron chi connectivity index (χ3n) is 0.972. The van der Waals surface area contributed by atoms with Crippen LogP contribution < -0.4 is 0 Å². The molecule has 1 N–H and O–H groups in total. The zero-order valence-electron chi connectivity index (χ0n) is 7.36. The molecule has 0 aromatic heterocycles. The normalized spacial score (nSPS) is 9.50. The standard InChI is InChI=1S/C6H12.C2H4O3S/c1-3-5-6-4-2;1-2-6(3,4)5/h3H,1,4-6H2,2H3;2H,1H2,(H,3,4,5). The van der Waals surface area contributed by atoms with Gasteiger partial charge in [-0.25, -0.2) is 0 Å². The van der Waals surface area contributed by atoms with Gasteiger partial charge in [-0.05, 0) is 6.42 Å². The minimum Gasteiger partial charge on any atom is -0.282 e. The Labute approximate surface area is 74.5 Å². The third-order valence-corrected chi connectivity index (χ3v) is 1.39. The summed E-state index contributed by atoms with van der Waals surface area (Å²) in [5.41, 5.74) is 0. The lowest BCUT2D eigenvalue weighted by Gasteiger charge is -1.81. The Bertz CT molecular complexity index is 193. The Hall–Kier alpha value is -0.610. The van der Waals surface area contributed by atoms with E-state index >= 15 is 0 Å². The molecule has 4 heteroatoms. The number of allylic oxidation sites excluding steroid dienone is 1. The molecule has 0 aliphatic heterocycles. The molecule has 0 aromatic rings. The van der Waals surface area contributed by atoms with E-state index in [4.69, 9.17) is 4.55 Å². The highest BCUT2D eigenvalue weighted by Gasteiger charge is 1.87. The summed E-state index contributed by atoms with van der Waals surface area (Å²) in [7, 11) is -3.90. The second-order valence-electron chi connectivity index (χ2n) is 2.11. The molecule has 0 aliphatic carbocycles. The van der Waals surface area contributed by atoms with Crippen LogP contribution in [0.3, 0.4) is 0 Å². The Morgan fingerprint density at radius 2 is 1.83 bits per heavy atom. The van der Waals surface area contributed by atoms with Gasteiger partial charge in [0.25, 0.3) is 10.1 Å². The summed E-state index contributed by atoms with van der Waals surface area (Å²) in [4.78, 5) is 0. The smallest absolute Gasteiger partial charge is 0.282 e. The number of hydrogen-bond donors (Lipinski definition) is 1. The van der Waals surface area contributed by atoms with Crippen molar-refractivity contribution in [1.82, 2.24) is 0 Å². The zero-order chi connectivity index (χ0) is 10.0. The monoisotopic (exact) mass is 192 g/mol. The molecule has 0 saturated carbocycles. The van der Waals surface area contributed by atoms with E-state index in [1.54, 1.807) is 0 Å². The van der Waals surface area contributed by atoms with E-state index in [0.717, 1.165) is 0 Å². The van der Waals surface area contributed by atoms with Crippen molar-refractivity contribution in [3.63, 3.8) is 0 Å². The van der Waals surface area contributed by atoms with Crippen molar-refractivity contribution in [2.75, 3.05) is 0 Å². The molecule has 0 unspecified atom stereocenters. The van der Waals surface area contributed by atoms with Crippen LogP contribution in [-0.4, -0.2) is 13.0 Å². The minimum absolute atomic E-state index is 0.465. The van der Waals surface area contributed by atoms with Crippen LogP contribution in [0.4, 0.5) is 0 Å². The Morgan fingerprint density at radius 1 is 1.42 bits per heavy atom. The van der Waals surface area contributed by atoms with Gasteiger partial charge in [0, 0.05) is 0 Å². The molecule has 0 atom stereocenters. The van der Waals surface area contributed by atoms with Crippen LogP contribution in [0.2, 0.25) is 0 Å². The lowest BCUT2D eigenvalue weighted by atomic mass is 10.3. The lowest BCUT2D eigenvalue weighted by molar-refractivity contribution is 0.494. The predicted octanol–water partition coefficient (Wildman–Crippen LogP) is 2.38. The molecule has 0 rings (SSSR count). The molecule has 0 amide bonds. The van der Waals surface area contributed by atoms with E-state index in [1.165, 1.54) is 19.3 Å². The molecular formula is C8H16O3S. The zero-order valence-corrected chi connectivity index (χ0v) is 8.18. The minimum atomic E-state index is -3.90. The fraction of sp³-hybridized carbons (Fsp3) is 0.500. The van der Waals surface area contributed by atoms with Gasteiger partial charge in [0.2, 0.25) is 0 Å². The van der Waals surface area contributed by atoms with Crippen LogP contribution in [0.25, 0.3) is 0 Å². The van der Waals surface area contributed by atoms with Gasteiger partial charge in [-0.3, -0.25) is 4.55 Å². The van der Waals surface area contributed by atoms with E-state index in [9.17, 15) is 8.42 Å². The predicted molar refractivity (Wildman–Crippen MR) is 51.5 cm³/mol. The van der Waals surface area contributed by atoms with Crippen LogP contribution in [0.15, 0.2) is 24.6 Å². The quantitative estimate of drug-likeness (QED) is 0.422. The molecule has 72 valence electrons. The van der Waals surface area contributed by atoms with Crippen LogP contribution in [0, 0.1) is 0 Å². The first-order chi connectivity index (χ1) is 5.47. The van der Waals surface area contributed by atoms with Crippen molar-refractivity contribution in [3.8, 4) is 0 Å². The highest BCUT2D eigenvalue weighted by Crippen LogP contribution is 1.91. The van der Waals surface area contributed by atoms with E-state index in [1.807, 2.05) is 6.08 Å². The summed E-state index contributed by atoms with van der Waals surface area (Å²) in [5.74, 6) is 0. The first kappa shape index (κ1) is 13.9. The maximum absolute atomic E-state index is 9.44. The van der Waals surface area contributed by atoms with Gasteiger partial charge < -0.3 is 0 Å². The second-order valence-corrected chi connectivity index (χ2v) is 3.48. The molecule has 0 aliphatic rings. The van der Waals surface area contributed by atoms with Crippen molar-refractivity contribution in [2.24, 2.45) is 0 Å². The number of unbranched alkanes of at least 4 members (excludes halogenated alkanes) is 2. The van der Waals surface area contributed by atoms with Gasteiger partial charge >= 0.3 is 0 Å². The van der Waals surface area contributed by atoms with Crippen LogP contribution >= 0.6 is 0 Å². The summed E-state index contributed by atoms with van der Waals surface area (Å²) in [6.07, 6.45) is 5.72. The summed E-state index contributed by atoms with van der Waals surface area (Å²) in [6, 6.07) is 0. The molecule has 0 fully saturated rings. The van der Waals surface area contributed by atoms with Crippen molar-refractivity contribution < 1.29 is 13.0 Å². The molecule has 0 heterocycles. The van der Waals surface area contributed by atoms with Crippen LogP contribution in [-0.2, 0) is 10.1 Å². The maximum atomic E-state index is 9.44. The van der Waals surface area contributed by atoms with Crippen molar-refractivity contribution >= 4 is 10.1 Å². The lowest BCUT2D eigenvalue weighted by Crippen LogP contribution is -1.86. The van der Waals surface area contributed by atoms with Crippen LogP contribution in [0.5, 0.6) is 0 Å². The van der Waals surface area contributed by atoms with Crippen molar-refractivity contribution in [1.29, 1.82) is 0 Å². The van der Waals surface area contributed by atoms with Crippen molar-refractivity contribution in [3.05, 3.63) is 24.6 Å². The summed E-state index contributed by atoms with van der Waals surface area (Å²) >= 11 is 0. The highest BCUT2D eigenvalue weighted by atomic mass is 32.2. The Balaban J connectivity index is 0. The molecule has 12 heavy (non-hydrogen) atoms. The average molecular weight is 192 g/mol. The molecule has 0 radical (unpaired) electrons. The Kier molecular flexibility index (Phi) is 9.86. The first-order valence-electron chi connectivity index (χ1n) is 3.68. The molecule has 0 aromatic carbocycles. The fourth-order valence-corrected chi connectivity index (χ4v) is 0.348. The van der Waals surface area contributed by atoms with E-state index in [0.29, 0.717) is 5.41 Å². The molecular weight excluding hydrogens is 176 g/mol. The van der Waals surface area contributed by atoms with E-state index in [2.05, 4.69) is 20.1 Å². The number of rotatable bonds is 4. The van der Waals surface area contributed by atoms with Gasteiger partial charge in [0.15, 0.2) is 0 Å². The second kappa shape index (κ2) is 8.49. The maximum Gasteiger partial charge on any atom is 0.287 e. The summed E-state index contributed by atoms with van der Waals surface area (Å²) in [5, 5.41) is 0.465. The van der Waals surface area contributed by atoms with Gasteiger partial charge in [-0.1, -0.05) is 32.4 Å². The average Bonchev–Trinajstić information content (AvgIpc) is 2.01. The molecule has 0 saturated heterocycles. The van der Waals surface area contributed by atoms with Gasteiger partial charge in [0.05, 0.1) is 5.41 Å². The summed E-state index contributed by atoms with van der Waals surface area (Å²) < 4.78 is 26.6. The SMILES string of the molecule is C=CCCCC.C=CS(=O)(=O)O. The van der Waals surface area contributed by atoms with Gasteiger partial charge in [0.1, 0.15) is 0 Å². The number of hydrogen-bond acceptors (Lipinski definition) is 2. The first-order valence-corrected chi connectivity index (χ1v) is 5.19. The van der Waals surface area contributed by atoms with E-state index in [-0.39, 0.29) is 0 Å². The van der Waals surface area contributed by atoms with E-state index < -0.39 is 10.1 Å². The topological polar surface area (TPSA) is 54.4 Å². The summed E-state index contributed by atoms with van der Waals surface area (Å²) in [6.45, 7) is 8.58. The van der Waals surface area contributed by atoms with Crippen molar-refractivity contribution in [2.45, 2.75) is 26.2 Å². The molecule has 0 spiro atoms. The fourth-order valence-electron chi connectivity index (χ4n) is 0.348. The van der Waals surface area contributed by atoms with Gasteiger partial charge in [-0.15, -0.1) is 6.58 Å². The third kappa shape index (κ3) is 22.8. The molecule has 0 bridgehead atoms.